The molecule has 4 heterocycles. The molecule has 1 atom stereocenters. The van der Waals surface area contributed by atoms with E-state index in [2.05, 4.69) is 20.9 Å². The van der Waals surface area contributed by atoms with Gasteiger partial charge < -0.3 is 30.7 Å². The van der Waals surface area contributed by atoms with E-state index in [1.165, 1.54) is 0 Å². The highest BCUT2D eigenvalue weighted by Gasteiger charge is 2.51. The number of rotatable bonds is 8. The molecular formula is C38H45N7O4. The summed E-state index contributed by atoms with van der Waals surface area (Å²) < 4.78 is 0. The van der Waals surface area contributed by atoms with E-state index >= 15 is 0 Å². The van der Waals surface area contributed by atoms with Crippen LogP contribution in [0.1, 0.15) is 60.4 Å². The maximum absolute atomic E-state index is 14.4. The topological polar surface area (TPSA) is 127 Å². The maximum Gasteiger partial charge on any atom is 0.319 e. The molecule has 2 saturated heterocycles. The zero-order valence-electron chi connectivity index (χ0n) is 28.4. The van der Waals surface area contributed by atoms with Gasteiger partial charge >= 0.3 is 6.03 Å². The Morgan fingerprint density at radius 2 is 1.63 bits per heavy atom. The number of carbonyl (C=O) groups is 4. The van der Waals surface area contributed by atoms with Crippen LogP contribution in [0.3, 0.4) is 0 Å². The molecule has 3 aliphatic heterocycles. The first kappa shape index (κ1) is 32.8. The number of anilines is 2. The van der Waals surface area contributed by atoms with Crippen molar-refractivity contribution in [2.24, 2.45) is 5.41 Å². The number of likely N-dealkylation sites (tertiary alicyclic amines) is 2. The molecule has 11 nitrogen and oxygen atoms in total. The van der Waals surface area contributed by atoms with Crippen molar-refractivity contribution in [3.8, 4) is 0 Å². The number of fused-ring (bicyclic) bond motifs is 3. The summed E-state index contributed by atoms with van der Waals surface area (Å²) in [7, 11) is 1.89. The van der Waals surface area contributed by atoms with Gasteiger partial charge in [0.05, 0.1) is 5.41 Å². The minimum atomic E-state index is -0.699. The number of carbonyl (C=O) groups excluding carboxylic acids is 4. The molecule has 0 radical (unpaired) electrons. The summed E-state index contributed by atoms with van der Waals surface area (Å²) in [5, 5.41) is 9.19. The van der Waals surface area contributed by atoms with Gasteiger partial charge in [0.15, 0.2) is 0 Å². The third-order valence-corrected chi connectivity index (χ3v) is 11.0. The second kappa shape index (κ2) is 13.3. The predicted octanol–water partition coefficient (Wildman–Crippen LogP) is 4.07. The van der Waals surface area contributed by atoms with Crippen LogP contribution >= 0.6 is 0 Å². The van der Waals surface area contributed by atoms with Crippen LogP contribution in [0.4, 0.5) is 16.3 Å². The van der Waals surface area contributed by atoms with Gasteiger partial charge in [-0.1, -0.05) is 43.3 Å². The van der Waals surface area contributed by atoms with Crippen molar-refractivity contribution >= 4 is 35.3 Å². The zero-order chi connectivity index (χ0) is 34.2. The van der Waals surface area contributed by atoms with Gasteiger partial charge in [0.1, 0.15) is 12.4 Å². The molecule has 4 aliphatic rings. The third kappa shape index (κ3) is 6.27. The van der Waals surface area contributed by atoms with Gasteiger partial charge in [-0.3, -0.25) is 14.4 Å². The lowest BCUT2D eigenvalue weighted by atomic mass is 9.79. The van der Waals surface area contributed by atoms with E-state index in [1.807, 2.05) is 78.4 Å². The van der Waals surface area contributed by atoms with Gasteiger partial charge in [0.2, 0.25) is 17.7 Å². The number of nitrogens with zero attached hydrogens (tertiary/aromatic N) is 4. The molecular weight excluding hydrogens is 618 g/mol. The van der Waals surface area contributed by atoms with Crippen LogP contribution in [-0.4, -0.2) is 83.2 Å². The number of nitrogens with one attached hydrogen (secondary N) is 3. The summed E-state index contributed by atoms with van der Waals surface area (Å²) in [6.45, 7) is 5.43. The average Bonchev–Trinajstić information content (AvgIpc) is 3.84. The fourth-order valence-electron chi connectivity index (χ4n) is 8.09. The van der Waals surface area contributed by atoms with E-state index in [0.717, 1.165) is 53.7 Å². The van der Waals surface area contributed by atoms with Crippen molar-refractivity contribution < 1.29 is 19.2 Å². The van der Waals surface area contributed by atoms with Crippen LogP contribution in [-0.2, 0) is 45.7 Å². The van der Waals surface area contributed by atoms with E-state index in [0.29, 0.717) is 63.4 Å². The SMILES string of the molecule is CNCc1ccccc1CN(CC(=O)Nc1ccc2c(c1)CC1(C2)C(=O)Nc2ncccc21)C(=O)C1(C)CCN(C(=O)N2CCCC2)CC1. The lowest BCUT2D eigenvalue weighted by Crippen LogP contribution is -2.53. The van der Waals surface area contributed by atoms with Crippen molar-refractivity contribution in [1.82, 2.24) is 25.0 Å². The number of amides is 5. The molecule has 49 heavy (non-hydrogen) atoms. The normalized spacial score (nSPS) is 20.6. The smallest absolute Gasteiger partial charge is 0.319 e. The molecule has 2 aromatic carbocycles. The Labute approximate surface area is 287 Å². The standard InChI is InChI=1S/C38H45N7O4/c1-37(13-18-44(19-14-37)36(49)43-16-5-6-17-43)35(48)45(24-28-9-4-3-8-27(28)23-39-2)25-32(46)41-30-12-11-26-21-38(22-29(26)20-30)31-10-7-15-40-33(31)42-34(38)47/h3-4,7-12,15,20,39H,5-6,13-14,16-19,21-25H2,1-2H3,(H,41,46)(H,40,42,47). The second-order valence-corrected chi connectivity index (χ2v) is 14.3. The first-order valence-electron chi connectivity index (χ1n) is 17.4. The Morgan fingerprint density at radius 3 is 2.39 bits per heavy atom. The van der Waals surface area contributed by atoms with Crippen molar-refractivity contribution in [1.29, 1.82) is 0 Å². The van der Waals surface area contributed by atoms with Crippen LogP contribution in [0.2, 0.25) is 0 Å². The van der Waals surface area contributed by atoms with Crippen molar-refractivity contribution in [3.05, 3.63) is 88.6 Å². The van der Waals surface area contributed by atoms with Gasteiger partial charge in [-0.2, -0.15) is 0 Å². The Bertz CT molecular complexity index is 1780. The molecule has 2 fully saturated rings. The molecule has 1 spiro atoms. The van der Waals surface area contributed by atoms with Crippen LogP contribution in [0.15, 0.2) is 60.8 Å². The third-order valence-electron chi connectivity index (χ3n) is 11.0. The molecule has 256 valence electrons. The van der Waals surface area contributed by atoms with Crippen molar-refractivity contribution in [3.63, 3.8) is 0 Å². The quantitative estimate of drug-likeness (QED) is 0.334. The molecule has 11 heteroatoms. The predicted molar refractivity (Wildman–Crippen MR) is 187 cm³/mol. The molecule has 7 rings (SSSR count). The first-order chi connectivity index (χ1) is 23.7. The largest absolute Gasteiger partial charge is 0.329 e. The van der Waals surface area contributed by atoms with Crippen LogP contribution in [0, 0.1) is 5.41 Å². The van der Waals surface area contributed by atoms with Gasteiger partial charge in [-0.05, 0) is 86.0 Å². The highest BCUT2D eigenvalue weighted by atomic mass is 16.2. The molecule has 1 aromatic heterocycles. The Morgan fingerprint density at radius 1 is 0.918 bits per heavy atom. The fourth-order valence-corrected chi connectivity index (χ4v) is 8.09. The molecule has 1 aliphatic carbocycles. The summed E-state index contributed by atoms with van der Waals surface area (Å²) in [5.74, 6) is 0.207. The van der Waals surface area contributed by atoms with Gasteiger partial charge in [0.25, 0.3) is 0 Å². The molecule has 0 bridgehead atoms. The highest BCUT2D eigenvalue weighted by Crippen LogP contribution is 2.47. The van der Waals surface area contributed by atoms with E-state index < -0.39 is 10.8 Å². The minimum Gasteiger partial charge on any atom is -0.329 e. The number of benzene rings is 2. The van der Waals surface area contributed by atoms with E-state index in [1.54, 1.807) is 11.1 Å². The lowest BCUT2D eigenvalue weighted by Gasteiger charge is -2.42. The zero-order valence-corrected chi connectivity index (χ0v) is 28.4. The van der Waals surface area contributed by atoms with Crippen LogP contribution in [0.5, 0.6) is 0 Å². The summed E-state index contributed by atoms with van der Waals surface area (Å²) in [4.78, 5) is 64.2. The van der Waals surface area contributed by atoms with E-state index in [9.17, 15) is 19.2 Å². The number of urea groups is 1. The molecule has 5 amide bonds. The van der Waals surface area contributed by atoms with Gasteiger partial charge in [-0.15, -0.1) is 0 Å². The number of hydrogen-bond donors (Lipinski definition) is 3. The molecule has 3 aromatic rings. The number of hydrogen-bond acceptors (Lipinski definition) is 6. The van der Waals surface area contributed by atoms with Crippen LogP contribution < -0.4 is 16.0 Å². The summed E-state index contributed by atoms with van der Waals surface area (Å²) in [6, 6.07) is 17.7. The number of pyridine rings is 1. The highest BCUT2D eigenvalue weighted by molar-refractivity contribution is 6.06. The molecule has 1 unspecified atom stereocenters. The second-order valence-electron chi connectivity index (χ2n) is 14.3. The Hall–Kier alpha value is -4.77. The van der Waals surface area contributed by atoms with Crippen LogP contribution in [0.25, 0.3) is 0 Å². The fraction of sp³-hybridized carbons (Fsp3) is 0.447. The molecule has 3 N–H and O–H groups in total. The first-order valence-corrected chi connectivity index (χ1v) is 17.4. The summed E-state index contributed by atoms with van der Waals surface area (Å²) >= 11 is 0. The van der Waals surface area contributed by atoms with Crippen molar-refractivity contribution in [2.45, 2.75) is 64.0 Å². The van der Waals surface area contributed by atoms with E-state index in [4.69, 9.17) is 0 Å². The summed E-state index contributed by atoms with van der Waals surface area (Å²) in [5.41, 5.74) is 4.29. The van der Waals surface area contributed by atoms with Gasteiger partial charge in [-0.25, -0.2) is 9.78 Å². The van der Waals surface area contributed by atoms with E-state index in [-0.39, 0.29) is 30.3 Å². The monoisotopic (exact) mass is 663 g/mol. The Kier molecular flexibility index (Phi) is 8.87. The average molecular weight is 664 g/mol. The van der Waals surface area contributed by atoms with Gasteiger partial charge in [0, 0.05) is 62.1 Å². The maximum atomic E-state index is 14.4. The number of piperidine rings is 1. The Balaban J connectivity index is 1.07. The molecule has 0 saturated carbocycles. The minimum absolute atomic E-state index is 0.0459. The number of aromatic nitrogens is 1. The van der Waals surface area contributed by atoms with Crippen molar-refractivity contribution in [2.75, 3.05) is 50.4 Å². The lowest BCUT2D eigenvalue weighted by molar-refractivity contribution is -0.146. The summed E-state index contributed by atoms with van der Waals surface area (Å²) in [6.07, 6.45) is 5.95.